The van der Waals surface area contributed by atoms with Gasteiger partial charge < -0.3 is 10.1 Å². The second kappa shape index (κ2) is 6.18. The summed E-state index contributed by atoms with van der Waals surface area (Å²) in [6, 6.07) is 6.88. The van der Waals surface area contributed by atoms with Crippen molar-refractivity contribution in [3.63, 3.8) is 0 Å². The van der Waals surface area contributed by atoms with Crippen LogP contribution in [0.2, 0.25) is 0 Å². The lowest BCUT2D eigenvalue weighted by Gasteiger charge is -2.29. The Morgan fingerprint density at radius 3 is 2.18 bits per heavy atom. The van der Waals surface area contributed by atoms with Crippen LogP contribution in [0.3, 0.4) is 0 Å². The van der Waals surface area contributed by atoms with Crippen molar-refractivity contribution in [3.8, 4) is 0 Å². The summed E-state index contributed by atoms with van der Waals surface area (Å²) in [6.45, 7) is 8.69. The molecule has 96 valence electrons. The van der Waals surface area contributed by atoms with E-state index in [0.717, 1.165) is 0 Å². The molecule has 0 aliphatic rings. The van der Waals surface area contributed by atoms with E-state index in [1.807, 2.05) is 7.05 Å². The van der Waals surface area contributed by atoms with Gasteiger partial charge in [-0.25, -0.2) is 0 Å². The fraction of sp³-hybridized carbons (Fsp3) is 0.600. The van der Waals surface area contributed by atoms with Gasteiger partial charge in [0.2, 0.25) is 0 Å². The van der Waals surface area contributed by atoms with Gasteiger partial charge in [0.25, 0.3) is 0 Å². The summed E-state index contributed by atoms with van der Waals surface area (Å²) < 4.78 is 5.63. The number of likely N-dealkylation sites (N-methyl/N-ethyl adjacent to an activating group) is 1. The van der Waals surface area contributed by atoms with Crippen molar-refractivity contribution in [2.45, 2.75) is 39.8 Å². The maximum absolute atomic E-state index is 5.63. The topological polar surface area (TPSA) is 21.3 Å². The first-order valence-corrected chi connectivity index (χ1v) is 6.28. The van der Waals surface area contributed by atoms with E-state index in [4.69, 9.17) is 4.74 Å². The van der Waals surface area contributed by atoms with E-state index < -0.39 is 0 Å². The van der Waals surface area contributed by atoms with Gasteiger partial charge in [0.1, 0.15) is 0 Å². The van der Waals surface area contributed by atoms with Crippen molar-refractivity contribution in [3.05, 3.63) is 34.9 Å². The third-order valence-corrected chi connectivity index (χ3v) is 3.46. The monoisotopic (exact) mass is 235 g/mol. The zero-order valence-corrected chi connectivity index (χ0v) is 11.9. The molecule has 0 bridgehead atoms. The number of hydrogen-bond donors (Lipinski definition) is 1. The SMILES string of the molecule is CNC(c1ccc(C)c(C)c1)C(OC)C(C)C. The molecule has 0 saturated carbocycles. The molecule has 0 aliphatic carbocycles. The van der Waals surface area contributed by atoms with Crippen LogP contribution in [0.5, 0.6) is 0 Å². The summed E-state index contributed by atoms with van der Waals surface area (Å²) in [4.78, 5) is 0. The maximum Gasteiger partial charge on any atom is 0.0788 e. The number of methoxy groups -OCH3 is 1. The summed E-state index contributed by atoms with van der Waals surface area (Å²) >= 11 is 0. The number of hydrogen-bond acceptors (Lipinski definition) is 2. The molecule has 0 heterocycles. The number of ether oxygens (including phenoxy) is 1. The van der Waals surface area contributed by atoms with Crippen LogP contribution in [0.1, 0.15) is 36.6 Å². The van der Waals surface area contributed by atoms with Crippen LogP contribution >= 0.6 is 0 Å². The zero-order chi connectivity index (χ0) is 13.0. The van der Waals surface area contributed by atoms with Gasteiger partial charge in [-0.2, -0.15) is 0 Å². The second-order valence-corrected chi connectivity index (χ2v) is 5.05. The van der Waals surface area contributed by atoms with Gasteiger partial charge in [0, 0.05) is 7.11 Å². The van der Waals surface area contributed by atoms with E-state index in [9.17, 15) is 0 Å². The lowest BCUT2D eigenvalue weighted by molar-refractivity contribution is 0.0348. The molecule has 0 fully saturated rings. The van der Waals surface area contributed by atoms with Crippen LogP contribution in [0.4, 0.5) is 0 Å². The standard InChI is InChI=1S/C15H25NO/c1-10(2)15(17-6)14(16-5)13-8-7-11(3)12(4)9-13/h7-10,14-16H,1-6H3. The van der Waals surface area contributed by atoms with Gasteiger partial charge in [-0.1, -0.05) is 32.0 Å². The molecule has 1 rings (SSSR count). The van der Waals surface area contributed by atoms with Crippen LogP contribution in [0.25, 0.3) is 0 Å². The molecule has 17 heavy (non-hydrogen) atoms. The summed E-state index contributed by atoms with van der Waals surface area (Å²) in [5, 5.41) is 3.37. The molecule has 0 spiro atoms. The van der Waals surface area contributed by atoms with Crippen molar-refractivity contribution < 1.29 is 4.74 Å². The van der Waals surface area contributed by atoms with Gasteiger partial charge >= 0.3 is 0 Å². The number of aryl methyl sites for hydroxylation is 2. The highest BCUT2D eigenvalue weighted by atomic mass is 16.5. The highest BCUT2D eigenvalue weighted by Crippen LogP contribution is 2.25. The van der Waals surface area contributed by atoms with Gasteiger partial charge in [-0.05, 0) is 43.5 Å². The third-order valence-electron chi connectivity index (χ3n) is 3.46. The van der Waals surface area contributed by atoms with Gasteiger partial charge in [0.05, 0.1) is 12.1 Å². The number of benzene rings is 1. The predicted octanol–water partition coefficient (Wildman–Crippen LogP) is 3.23. The quantitative estimate of drug-likeness (QED) is 0.846. The molecule has 0 aromatic heterocycles. The molecule has 0 radical (unpaired) electrons. The van der Waals surface area contributed by atoms with Crippen LogP contribution in [0.15, 0.2) is 18.2 Å². The molecule has 0 aliphatic heterocycles. The molecule has 2 atom stereocenters. The lowest BCUT2D eigenvalue weighted by atomic mass is 9.92. The van der Waals surface area contributed by atoms with Crippen molar-refractivity contribution in [1.29, 1.82) is 0 Å². The molecule has 1 aromatic rings. The first-order valence-electron chi connectivity index (χ1n) is 6.28. The summed E-state index contributed by atoms with van der Waals surface area (Å²) in [5.41, 5.74) is 3.97. The molecule has 2 nitrogen and oxygen atoms in total. The Kier molecular flexibility index (Phi) is 5.16. The minimum Gasteiger partial charge on any atom is -0.379 e. The Morgan fingerprint density at radius 2 is 1.76 bits per heavy atom. The maximum atomic E-state index is 5.63. The molecule has 2 unspecified atom stereocenters. The highest BCUT2D eigenvalue weighted by molar-refractivity contribution is 5.32. The minimum atomic E-state index is 0.196. The van der Waals surface area contributed by atoms with Crippen molar-refractivity contribution in [2.75, 3.05) is 14.2 Å². The third kappa shape index (κ3) is 3.30. The van der Waals surface area contributed by atoms with E-state index in [1.54, 1.807) is 7.11 Å². The number of rotatable bonds is 5. The van der Waals surface area contributed by atoms with Crippen LogP contribution in [0, 0.1) is 19.8 Å². The summed E-state index contributed by atoms with van der Waals surface area (Å²) in [7, 11) is 3.78. The Bertz CT molecular complexity index is 360. The first-order chi connectivity index (χ1) is 8.01. The largest absolute Gasteiger partial charge is 0.379 e. The van der Waals surface area contributed by atoms with Gasteiger partial charge in [-0.3, -0.25) is 0 Å². The Labute approximate surface area is 105 Å². The Hall–Kier alpha value is -0.860. The average Bonchev–Trinajstić information content (AvgIpc) is 2.29. The van der Waals surface area contributed by atoms with E-state index in [1.165, 1.54) is 16.7 Å². The van der Waals surface area contributed by atoms with E-state index in [2.05, 4.69) is 51.2 Å². The van der Waals surface area contributed by atoms with Gasteiger partial charge in [-0.15, -0.1) is 0 Å². The summed E-state index contributed by atoms with van der Waals surface area (Å²) in [5.74, 6) is 0.485. The van der Waals surface area contributed by atoms with E-state index in [-0.39, 0.29) is 12.1 Å². The predicted molar refractivity (Wildman–Crippen MR) is 73.4 cm³/mol. The molecular formula is C15H25NO. The highest BCUT2D eigenvalue weighted by Gasteiger charge is 2.24. The normalized spacial score (nSPS) is 15.0. The molecule has 1 N–H and O–H groups in total. The minimum absolute atomic E-state index is 0.196. The van der Waals surface area contributed by atoms with E-state index in [0.29, 0.717) is 5.92 Å². The van der Waals surface area contributed by atoms with Gasteiger partial charge in [0.15, 0.2) is 0 Å². The van der Waals surface area contributed by atoms with Crippen molar-refractivity contribution in [2.24, 2.45) is 5.92 Å². The molecule has 0 amide bonds. The number of nitrogens with one attached hydrogen (secondary N) is 1. The smallest absolute Gasteiger partial charge is 0.0788 e. The average molecular weight is 235 g/mol. The van der Waals surface area contributed by atoms with Crippen LogP contribution < -0.4 is 5.32 Å². The second-order valence-electron chi connectivity index (χ2n) is 5.05. The van der Waals surface area contributed by atoms with Crippen molar-refractivity contribution in [1.82, 2.24) is 5.32 Å². The van der Waals surface area contributed by atoms with E-state index >= 15 is 0 Å². The Morgan fingerprint density at radius 1 is 1.12 bits per heavy atom. The molecule has 2 heteroatoms. The fourth-order valence-electron chi connectivity index (χ4n) is 2.27. The zero-order valence-electron chi connectivity index (χ0n) is 11.9. The van der Waals surface area contributed by atoms with Crippen molar-refractivity contribution >= 4 is 0 Å². The first kappa shape index (κ1) is 14.2. The fourth-order valence-corrected chi connectivity index (χ4v) is 2.27. The summed E-state index contributed by atoms with van der Waals surface area (Å²) in [6.07, 6.45) is 0.196. The Balaban J connectivity index is 3.03. The van der Waals surface area contributed by atoms with Crippen LogP contribution in [-0.4, -0.2) is 20.3 Å². The lowest BCUT2D eigenvalue weighted by Crippen LogP contribution is -2.34. The molecular weight excluding hydrogens is 210 g/mol. The molecule has 1 aromatic carbocycles. The molecule has 0 saturated heterocycles. The van der Waals surface area contributed by atoms with Crippen LogP contribution in [-0.2, 0) is 4.74 Å².